The van der Waals surface area contributed by atoms with Crippen molar-refractivity contribution in [3.05, 3.63) is 34.9 Å². The zero-order chi connectivity index (χ0) is 12.7. The molecule has 0 atom stereocenters. The molecule has 1 rings (SSSR count). The molecule has 1 N–H and O–H groups in total. The number of hydrogen-bond donors (Lipinski definition) is 1. The van der Waals surface area contributed by atoms with E-state index in [0.29, 0.717) is 6.42 Å². The summed E-state index contributed by atoms with van der Waals surface area (Å²) in [6, 6.07) is 6.45. The van der Waals surface area contributed by atoms with E-state index in [1.54, 1.807) is 0 Å². The average molecular weight is 234 g/mol. The van der Waals surface area contributed by atoms with Gasteiger partial charge in [0.25, 0.3) is 0 Å². The molecule has 2 nitrogen and oxygen atoms in total. The summed E-state index contributed by atoms with van der Waals surface area (Å²) in [4.78, 5) is 10.3. The zero-order valence-electron chi connectivity index (χ0n) is 10.8. The molecule has 1 aromatic rings. The quantitative estimate of drug-likeness (QED) is 0.727. The van der Waals surface area contributed by atoms with Gasteiger partial charge in [-0.2, -0.15) is 0 Å². The van der Waals surface area contributed by atoms with Crippen molar-refractivity contribution in [2.75, 3.05) is 0 Å². The first-order chi connectivity index (χ1) is 8.11. The predicted molar refractivity (Wildman–Crippen MR) is 70.3 cm³/mol. The van der Waals surface area contributed by atoms with Crippen LogP contribution in [0.5, 0.6) is 0 Å². The van der Waals surface area contributed by atoms with Crippen LogP contribution in [0.2, 0.25) is 0 Å². The highest BCUT2D eigenvalue weighted by molar-refractivity contribution is 5.66. The van der Waals surface area contributed by atoms with Crippen molar-refractivity contribution in [2.24, 2.45) is 0 Å². The molecule has 0 radical (unpaired) electrons. The third kappa shape index (κ3) is 5.03. The lowest BCUT2D eigenvalue weighted by atomic mass is 9.98. The Morgan fingerprint density at radius 3 is 2.53 bits per heavy atom. The number of carboxylic acids is 1. The van der Waals surface area contributed by atoms with Gasteiger partial charge in [-0.3, -0.25) is 4.79 Å². The Morgan fingerprint density at radius 1 is 1.12 bits per heavy atom. The fourth-order valence-electron chi connectivity index (χ4n) is 2.03. The van der Waals surface area contributed by atoms with Gasteiger partial charge < -0.3 is 5.11 Å². The van der Waals surface area contributed by atoms with Gasteiger partial charge in [0.05, 0.1) is 0 Å². The van der Waals surface area contributed by atoms with Crippen LogP contribution >= 0.6 is 0 Å². The Labute approximate surface area is 104 Å². The van der Waals surface area contributed by atoms with Crippen LogP contribution in [0, 0.1) is 13.8 Å². The maximum Gasteiger partial charge on any atom is 0.303 e. The summed E-state index contributed by atoms with van der Waals surface area (Å²) in [6.07, 6.45) is 5.54. The van der Waals surface area contributed by atoms with Crippen molar-refractivity contribution in [1.82, 2.24) is 0 Å². The molecule has 0 heterocycles. The van der Waals surface area contributed by atoms with Gasteiger partial charge >= 0.3 is 5.97 Å². The summed E-state index contributed by atoms with van der Waals surface area (Å²) in [6.45, 7) is 4.32. The van der Waals surface area contributed by atoms with Crippen LogP contribution in [0.4, 0.5) is 0 Å². The number of carbonyl (C=O) groups is 1. The minimum Gasteiger partial charge on any atom is -0.481 e. The van der Waals surface area contributed by atoms with Crippen LogP contribution in [-0.4, -0.2) is 11.1 Å². The molecule has 0 aliphatic rings. The SMILES string of the molecule is Cc1cccc(CCCCCCC(=O)O)c1C. The van der Waals surface area contributed by atoms with E-state index in [0.717, 1.165) is 32.1 Å². The van der Waals surface area contributed by atoms with E-state index in [1.807, 2.05) is 0 Å². The summed E-state index contributed by atoms with van der Waals surface area (Å²) in [5.41, 5.74) is 4.19. The smallest absolute Gasteiger partial charge is 0.303 e. The molecule has 0 saturated heterocycles. The minimum absolute atomic E-state index is 0.309. The summed E-state index contributed by atoms with van der Waals surface area (Å²) < 4.78 is 0. The van der Waals surface area contributed by atoms with Gasteiger partial charge in [0, 0.05) is 6.42 Å². The molecular formula is C15H22O2. The van der Waals surface area contributed by atoms with E-state index in [4.69, 9.17) is 5.11 Å². The fourth-order valence-corrected chi connectivity index (χ4v) is 2.03. The molecule has 0 aliphatic carbocycles. The Morgan fingerprint density at radius 2 is 1.82 bits per heavy atom. The molecule has 1 aromatic carbocycles. The first-order valence-corrected chi connectivity index (χ1v) is 6.38. The van der Waals surface area contributed by atoms with E-state index in [9.17, 15) is 4.79 Å². The first-order valence-electron chi connectivity index (χ1n) is 6.38. The zero-order valence-corrected chi connectivity index (χ0v) is 10.8. The van der Waals surface area contributed by atoms with Crippen LogP contribution in [0.1, 0.15) is 48.8 Å². The number of carboxylic acid groups (broad SMARTS) is 1. The first kappa shape index (κ1) is 13.8. The molecule has 17 heavy (non-hydrogen) atoms. The van der Waals surface area contributed by atoms with Gasteiger partial charge in [-0.1, -0.05) is 31.0 Å². The van der Waals surface area contributed by atoms with Gasteiger partial charge in [0.1, 0.15) is 0 Å². The average Bonchev–Trinajstić information content (AvgIpc) is 2.28. The van der Waals surface area contributed by atoms with E-state index in [1.165, 1.54) is 16.7 Å². The second-order valence-electron chi connectivity index (χ2n) is 4.67. The number of rotatable bonds is 7. The van der Waals surface area contributed by atoms with E-state index in [2.05, 4.69) is 32.0 Å². The maximum absolute atomic E-state index is 10.3. The fraction of sp³-hybridized carbons (Fsp3) is 0.533. The van der Waals surface area contributed by atoms with Crippen LogP contribution in [-0.2, 0) is 11.2 Å². The summed E-state index contributed by atoms with van der Waals surface area (Å²) in [7, 11) is 0. The molecule has 0 amide bonds. The van der Waals surface area contributed by atoms with Crippen molar-refractivity contribution in [3.63, 3.8) is 0 Å². The second kappa shape index (κ2) is 7.10. The lowest BCUT2D eigenvalue weighted by molar-refractivity contribution is -0.137. The van der Waals surface area contributed by atoms with Crippen LogP contribution in [0.25, 0.3) is 0 Å². The molecule has 2 heteroatoms. The Kier molecular flexibility index (Phi) is 5.75. The summed E-state index contributed by atoms with van der Waals surface area (Å²) in [5, 5.41) is 8.51. The van der Waals surface area contributed by atoms with Crippen molar-refractivity contribution >= 4 is 5.97 Å². The third-order valence-corrected chi connectivity index (χ3v) is 3.30. The Balaban J connectivity index is 2.22. The number of unbranched alkanes of at least 4 members (excludes halogenated alkanes) is 3. The lowest BCUT2D eigenvalue weighted by Gasteiger charge is -2.08. The van der Waals surface area contributed by atoms with Crippen molar-refractivity contribution < 1.29 is 9.90 Å². The van der Waals surface area contributed by atoms with Crippen molar-refractivity contribution in [1.29, 1.82) is 0 Å². The van der Waals surface area contributed by atoms with Gasteiger partial charge in [-0.25, -0.2) is 0 Å². The molecule has 0 spiro atoms. The summed E-state index contributed by atoms with van der Waals surface area (Å²) >= 11 is 0. The highest BCUT2D eigenvalue weighted by Gasteiger charge is 2.01. The molecule has 0 bridgehead atoms. The third-order valence-electron chi connectivity index (χ3n) is 3.30. The normalized spacial score (nSPS) is 10.5. The van der Waals surface area contributed by atoms with E-state index < -0.39 is 5.97 Å². The molecular weight excluding hydrogens is 212 g/mol. The van der Waals surface area contributed by atoms with Crippen LogP contribution < -0.4 is 0 Å². The predicted octanol–water partition coefficient (Wildman–Crippen LogP) is 3.88. The number of aliphatic carboxylic acids is 1. The minimum atomic E-state index is -0.681. The van der Waals surface area contributed by atoms with Gasteiger partial charge in [-0.05, 0) is 49.8 Å². The highest BCUT2D eigenvalue weighted by Crippen LogP contribution is 2.16. The van der Waals surface area contributed by atoms with Crippen molar-refractivity contribution in [3.8, 4) is 0 Å². The molecule has 0 aromatic heterocycles. The van der Waals surface area contributed by atoms with Gasteiger partial charge in [-0.15, -0.1) is 0 Å². The molecule has 94 valence electrons. The summed E-state index contributed by atoms with van der Waals surface area (Å²) in [5.74, 6) is -0.681. The number of benzene rings is 1. The Hall–Kier alpha value is -1.31. The van der Waals surface area contributed by atoms with Gasteiger partial charge in [0.2, 0.25) is 0 Å². The van der Waals surface area contributed by atoms with Crippen molar-refractivity contribution in [2.45, 2.75) is 52.4 Å². The molecule has 0 saturated carbocycles. The van der Waals surface area contributed by atoms with E-state index in [-0.39, 0.29) is 0 Å². The largest absolute Gasteiger partial charge is 0.481 e. The second-order valence-corrected chi connectivity index (χ2v) is 4.67. The standard InChI is InChI=1S/C15H22O2/c1-12-8-7-10-14(13(12)2)9-5-3-4-6-11-15(16)17/h7-8,10H,3-6,9,11H2,1-2H3,(H,16,17). The topological polar surface area (TPSA) is 37.3 Å². The molecule has 0 unspecified atom stereocenters. The number of aryl methyl sites for hydroxylation is 2. The molecule has 0 aliphatic heterocycles. The van der Waals surface area contributed by atoms with Gasteiger partial charge in [0.15, 0.2) is 0 Å². The van der Waals surface area contributed by atoms with Crippen LogP contribution in [0.15, 0.2) is 18.2 Å². The molecule has 0 fully saturated rings. The maximum atomic E-state index is 10.3. The van der Waals surface area contributed by atoms with Crippen LogP contribution in [0.3, 0.4) is 0 Å². The monoisotopic (exact) mass is 234 g/mol. The highest BCUT2D eigenvalue weighted by atomic mass is 16.4. The van der Waals surface area contributed by atoms with E-state index >= 15 is 0 Å². The Bertz CT molecular complexity index is 369. The lowest BCUT2D eigenvalue weighted by Crippen LogP contribution is -1.95. The number of hydrogen-bond acceptors (Lipinski definition) is 1.